The summed E-state index contributed by atoms with van der Waals surface area (Å²) in [4.78, 5) is 10.1. The first kappa shape index (κ1) is 17.8. The Morgan fingerprint density at radius 2 is 2.36 bits per heavy atom. The second-order valence-corrected chi connectivity index (χ2v) is 7.90. The van der Waals surface area contributed by atoms with Gasteiger partial charge in [0.15, 0.2) is 5.17 Å². The van der Waals surface area contributed by atoms with Crippen LogP contribution in [0.5, 0.6) is 0 Å². The number of nitrogens with zero attached hydrogens (tertiary/aromatic N) is 2. The molecule has 1 heterocycles. The second-order valence-electron chi connectivity index (χ2n) is 6.78. The highest BCUT2D eigenvalue weighted by Gasteiger charge is 2.29. The maximum absolute atomic E-state index is 5.92. The van der Waals surface area contributed by atoms with E-state index in [-0.39, 0.29) is 5.54 Å². The van der Waals surface area contributed by atoms with E-state index < -0.39 is 0 Å². The number of rotatable bonds is 5. The van der Waals surface area contributed by atoms with Crippen molar-refractivity contribution in [3.05, 3.63) is 59.2 Å². The minimum absolute atomic E-state index is 0.253. The topological polar surface area (TPSA) is 60.0 Å². The van der Waals surface area contributed by atoms with Gasteiger partial charge in [0.25, 0.3) is 0 Å². The molecule has 0 aromatic heterocycles. The molecule has 5 heteroatoms. The van der Waals surface area contributed by atoms with Crippen LogP contribution in [0, 0.1) is 5.92 Å². The lowest BCUT2D eigenvalue weighted by Gasteiger charge is -2.29. The van der Waals surface area contributed by atoms with Gasteiger partial charge in [-0.1, -0.05) is 58.9 Å². The Balaban J connectivity index is 1.60. The van der Waals surface area contributed by atoms with Crippen molar-refractivity contribution in [2.45, 2.75) is 32.2 Å². The summed E-state index contributed by atoms with van der Waals surface area (Å²) < 4.78 is 0. The van der Waals surface area contributed by atoms with Gasteiger partial charge in [-0.2, -0.15) is 0 Å². The molecule has 0 spiro atoms. The smallest absolute Gasteiger partial charge is 0.154 e. The predicted octanol–water partition coefficient (Wildman–Crippen LogP) is 4.23. The lowest BCUT2D eigenvalue weighted by Crippen LogP contribution is -2.28. The van der Waals surface area contributed by atoms with E-state index in [2.05, 4.69) is 54.4 Å². The quantitative estimate of drug-likeness (QED) is 0.635. The van der Waals surface area contributed by atoms with Gasteiger partial charge in [0.05, 0.1) is 11.8 Å². The van der Waals surface area contributed by atoms with E-state index in [1.54, 1.807) is 18.0 Å². The lowest BCUT2D eigenvalue weighted by molar-refractivity contribution is 0.123. The number of thioether (sulfide) groups is 1. The fourth-order valence-corrected chi connectivity index (χ4v) is 3.96. The first-order valence-electron chi connectivity index (χ1n) is 8.64. The molecule has 0 saturated carbocycles. The van der Waals surface area contributed by atoms with Crippen LogP contribution in [0.1, 0.15) is 37.8 Å². The third-order valence-corrected chi connectivity index (χ3v) is 5.44. The van der Waals surface area contributed by atoms with E-state index in [0.29, 0.717) is 17.7 Å². The zero-order chi connectivity index (χ0) is 17.7. The molecule has 0 amide bonds. The summed E-state index contributed by atoms with van der Waals surface area (Å²) in [5.74, 6) is 1.40. The maximum Gasteiger partial charge on any atom is 0.154 e. The van der Waals surface area contributed by atoms with Crippen LogP contribution in [0.2, 0.25) is 0 Å². The van der Waals surface area contributed by atoms with E-state index >= 15 is 0 Å². The summed E-state index contributed by atoms with van der Waals surface area (Å²) in [5, 5.41) is 4.80. The number of aliphatic imine (C=N–C) groups is 1. The Hall–Kier alpha value is -2.01. The fourth-order valence-electron chi connectivity index (χ4n) is 2.98. The normalized spacial score (nSPS) is 26.4. The number of allylic oxidation sites excluding steroid dienone is 3. The summed E-state index contributed by atoms with van der Waals surface area (Å²) in [5.41, 5.74) is 9.16. The van der Waals surface area contributed by atoms with Gasteiger partial charge in [0.2, 0.25) is 0 Å². The molecule has 0 fully saturated rings. The monoisotopic (exact) mass is 355 g/mol. The third-order valence-electron chi connectivity index (χ3n) is 4.64. The van der Waals surface area contributed by atoms with Gasteiger partial charge in [0, 0.05) is 11.7 Å². The fraction of sp³-hybridized carbons (Fsp3) is 0.400. The Bertz CT molecular complexity index is 738. The van der Waals surface area contributed by atoms with Crippen LogP contribution in [0.15, 0.2) is 58.2 Å². The molecule has 1 aromatic rings. The standard InChI is InChI=1S/C20H25N3OS/c1-15-6-8-16(9-7-15)14-24-22-13-17-4-3-5-18(12-17)20(2)10-11-25-19(21)23-20/h3-8,12-13,16H,9-11,14H2,1-2H3,(H2,21,23)/b22-13+/t16-,20?/m0/s1. The van der Waals surface area contributed by atoms with Crippen molar-refractivity contribution >= 4 is 23.1 Å². The van der Waals surface area contributed by atoms with Gasteiger partial charge in [-0.25, -0.2) is 0 Å². The Morgan fingerprint density at radius 3 is 3.12 bits per heavy atom. The first-order chi connectivity index (χ1) is 12.0. The Kier molecular flexibility index (Phi) is 5.63. The number of hydrogen-bond acceptors (Lipinski definition) is 5. The molecule has 132 valence electrons. The molecule has 0 bridgehead atoms. The van der Waals surface area contributed by atoms with Crippen molar-refractivity contribution in [3.8, 4) is 0 Å². The van der Waals surface area contributed by atoms with Crippen LogP contribution < -0.4 is 5.73 Å². The maximum atomic E-state index is 5.92. The molecular weight excluding hydrogens is 330 g/mol. The largest absolute Gasteiger partial charge is 0.395 e. The van der Waals surface area contributed by atoms with Crippen LogP contribution in [-0.2, 0) is 10.4 Å². The van der Waals surface area contributed by atoms with Gasteiger partial charge in [-0.05, 0) is 43.9 Å². The van der Waals surface area contributed by atoms with Crippen LogP contribution in [-0.4, -0.2) is 23.7 Å². The predicted molar refractivity (Wildman–Crippen MR) is 107 cm³/mol. The minimum atomic E-state index is -0.253. The van der Waals surface area contributed by atoms with E-state index in [0.717, 1.165) is 29.7 Å². The summed E-state index contributed by atoms with van der Waals surface area (Å²) in [6.07, 6.45) is 10.3. The van der Waals surface area contributed by atoms with E-state index in [9.17, 15) is 0 Å². The van der Waals surface area contributed by atoms with Crippen LogP contribution >= 0.6 is 11.8 Å². The lowest BCUT2D eigenvalue weighted by atomic mass is 9.89. The van der Waals surface area contributed by atoms with Gasteiger partial charge in [-0.3, -0.25) is 4.99 Å². The molecule has 1 aromatic carbocycles. The second kappa shape index (κ2) is 7.91. The Labute approximate surface area is 153 Å². The molecule has 0 radical (unpaired) electrons. The van der Waals surface area contributed by atoms with Crippen molar-refractivity contribution < 1.29 is 4.84 Å². The molecule has 2 N–H and O–H groups in total. The molecule has 2 aliphatic rings. The van der Waals surface area contributed by atoms with Gasteiger partial charge in [0.1, 0.15) is 6.61 Å². The summed E-state index contributed by atoms with van der Waals surface area (Å²) in [6.45, 7) is 4.85. The first-order valence-corrected chi connectivity index (χ1v) is 9.63. The molecule has 25 heavy (non-hydrogen) atoms. The molecule has 1 aliphatic carbocycles. The number of nitrogens with two attached hydrogens (primary N) is 1. The van der Waals surface area contributed by atoms with Crippen molar-refractivity contribution in [1.29, 1.82) is 0 Å². The average Bonchev–Trinajstić information content (AvgIpc) is 2.60. The highest BCUT2D eigenvalue weighted by Crippen LogP contribution is 2.35. The zero-order valence-electron chi connectivity index (χ0n) is 14.8. The van der Waals surface area contributed by atoms with E-state index in [1.165, 1.54) is 5.57 Å². The van der Waals surface area contributed by atoms with Crippen molar-refractivity contribution in [2.75, 3.05) is 12.4 Å². The summed E-state index contributed by atoms with van der Waals surface area (Å²) in [7, 11) is 0. The molecule has 2 atom stereocenters. The van der Waals surface area contributed by atoms with Crippen molar-refractivity contribution in [1.82, 2.24) is 0 Å². The van der Waals surface area contributed by atoms with Crippen LogP contribution in [0.4, 0.5) is 0 Å². The Morgan fingerprint density at radius 1 is 1.48 bits per heavy atom. The summed E-state index contributed by atoms with van der Waals surface area (Å²) >= 11 is 1.62. The highest BCUT2D eigenvalue weighted by atomic mass is 32.2. The minimum Gasteiger partial charge on any atom is -0.395 e. The summed E-state index contributed by atoms with van der Waals surface area (Å²) in [6, 6.07) is 8.28. The van der Waals surface area contributed by atoms with E-state index in [4.69, 9.17) is 10.6 Å². The number of benzene rings is 1. The van der Waals surface area contributed by atoms with Gasteiger partial charge >= 0.3 is 0 Å². The molecule has 3 rings (SSSR count). The molecule has 4 nitrogen and oxygen atoms in total. The highest BCUT2D eigenvalue weighted by molar-refractivity contribution is 8.13. The average molecular weight is 356 g/mol. The zero-order valence-corrected chi connectivity index (χ0v) is 15.6. The van der Waals surface area contributed by atoms with Gasteiger partial charge in [-0.15, -0.1) is 0 Å². The van der Waals surface area contributed by atoms with Crippen LogP contribution in [0.25, 0.3) is 0 Å². The molecule has 0 saturated heterocycles. The third kappa shape index (κ3) is 4.75. The number of amidine groups is 1. The number of oxime groups is 1. The van der Waals surface area contributed by atoms with Crippen molar-refractivity contribution in [3.63, 3.8) is 0 Å². The molecule has 1 aliphatic heterocycles. The molecular formula is C20H25N3OS. The SMILES string of the molecule is CC1=CC[C@@H](CO/N=C/c2cccc(C3(C)CCSC(N)=N3)c2)C=C1. The molecule has 1 unspecified atom stereocenters. The van der Waals surface area contributed by atoms with Gasteiger partial charge < -0.3 is 10.6 Å². The van der Waals surface area contributed by atoms with Crippen LogP contribution in [0.3, 0.4) is 0 Å². The van der Waals surface area contributed by atoms with E-state index in [1.807, 2.05) is 12.1 Å². The number of hydrogen-bond donors (Lipinski definition) is 1. The van der Waals surface area contributed by atoms with Crippen molar-refractivity contribution in [2.24, 2.45) is 21.8 Å².